The van der Waals surface area contributed by atoms with Crippen LogP contribution in [0.15, 0.2) is 60.7 Å². The first kappa shape index (κ1) is 22.9. The smallest absolute Gasteiger partial charge is 0.318 e. The fourth-order valence-electron chi connectivity index (χ4n) is 4.11. The van der Waals surface area contributed by atoms with Crippen molar-refractivity contribution in [1.82, 2.24) is 15.5 Å². The number of amides is 3. The highest BCUT2D eigenvalue weighted by Gasteiger charge is 2.27. The van der Waals surface area contributed by atoms with Crippen LogP contribution < -0.4 is 10.6 Å². The summed E-state index contributed by atoms with van der Waals surface area (Å²) in [5, 5.41) is 6.23. The molecule has 0 aromatic heterocycles. The van der Waals surface area contributed by atoms with Gasteiger partial charge in [-0.3, -0.25) is 4.79 Å². The van der Waals surface area contributed by atoms with Gasteiger partial charge in [0, 0.05) is 13.1 Å². The summed E-state index contributed by atoms with van der Waals surface area (Å²) in [5.41, 5.74) is 2.04. The molecule has 1 saturated heterocycles. The summed E-state index contributed by atoms with van der Waals surface area (Å²) in [4.78, 5) is 28.1. The predicted molar refractivity (Wildman–Crippen MR) is 125 cm³/mol. The van der Waals surface area contributed by atoms with Crippen LogP contribution in [0.2, 0.25) is 0 Å². The maximum atomic E-state index is 13.4. The third-order valence-corrected chi connectivity index (χ3v) is 5.77. The summed E-state index contributed by atoms with van der Waals surface area (Å²) in [6, 6.07) is 19.0. The van der Waals surface area contributed by atoms with Crippen molar-refractivity contribution in [2.24, 2.45) is 5.92 Å². The Morgan fingerprint density at radius 2 is 1.32 bits per heavy atom. The highest BCUT2D eigenvalue weighted by molar-refractivity contribution is 5.87. The number of hydrogen-bond donors (Lipinski definition) is 2. The van der Waals surface area contributed by atoms with Crippen LogP contribution in [-0.4, -0.2) is 36.0 Å². The van der Waals surface area contributed by atoms with E-state index in [2.05, 4.69) is 24.5 Å². The highest BCUT2D eigenvalue weighted by Crippen LogP contribution is 2.22. The molecule has 5 nitrogen and oxygen atoms in total. The van der Waals surface area contributed by atoms with Gasteiger partial charge in [-0.05, 0) is 36.3 Å². The van der Waals surface area contributed by atoms with Gasteiger partial charge >= 0.3 is 6.03 Å². The zero-order valence-electron chi connectivity index (χ0n) is 18.7. The Balaban J connectivity index is 1.76. The maximum Gasteiger partial charge on any atom is 0.318 e. The van der Waals surface area contributed by atoms with Gasteiger partial charge in [-0.1, -0.05) is 87.4 Å². The summed E-state index contributed by atoms with van der Waals surface area (Å²) in [6.07, 6.45) is 4.98. The van der Waals surface area contributed by atoms with E-state index >= 15 is 0 Å². The minimum absolute atomic E-state index is 0.126. The van der Waals surface area contributed by atoms with Crippen molar-refractivity contribution in [3.63, 3.8) is 0 Å². The molecule has 0 radical (unpaired) electrons. The Bertz CT molecular complexity index is 776. The third kappa shape index (κ3) is 6.84. The predicted octanol–water partition coefficient (Wildman–Crippen LogP) is 4.89. The molecule has 2 aromatic rings. The third-order valence-electron chi connectivity index (χ3n) is 5.77. The number of nitrogens with zero attached hydrogens (tertiary/aromatic N) is 1. The zero-order valence-corrected chi connectivity index (χ0v) is 18.7. The van der Waals surface area contributed by atoms with Gasteiger partial charge in [0.2, 0.25) is 5.91 Å². The van der Waals surface area contributed by atoms with Crippen LogP contribution in [0.1, 0.15) is 63.1 Å². The van der Waals surface area contributed by atoms with E-state index in [1.165, 1.54) is 0 Å². The topological polar surface area (TPSA) is 61.4 Å². The summed E-state index contributed by atoms with van der Waals surface area (Å²) >= 11 is 0. The Morgan fingerprint density at radius 3 is 1.81 bits per heavy atom. The summed E-state index contributed by atoms with van der Waals surface area (Å²) in [7, 11) is 0. The van der Waals surface area contributed by atoms with Crippen molar-refractivity contribution in [2.75, 3.05) is 13.1 Å². The lowest BCUT2D eigenvalue weighted by molar-refractivity contribution is -0.123. The molecule has 2 N–H and O–H groups in total. The number of hydrogen-bond acceptors (Lipinski definition) is 2. The molecule has 166 valence electrons. The molecule has 5 heteroatoms. The van der Waals surface area contributed by atoms with Crippen molar-refractivity contribution in [2.45, 2.75) is 58.0 Å². The minimum Gasteiger partial charge on any atom is -0.343 e. The van der Waals surface area contributed by atoms with Gasteiger partial charge in [-0.15, -0.1) is 0 Å². The van der Waals surface area contributed by atoms with E-state index in [-0.39, 0.29) is 23.9 Å². The van der Waals surface area contributed by atoms with Gasteiger partial charge in [0.15, 0.2) is 0 Å². The van der Waals surface area contributed by atoms with E-state index in [0.717, 1.165) is 49.9 Å². The molecule has 1 atom stereocenters. The van der Waals surface area contributed by atoms with E-state index < -0.39 is 6.04 Å². The standard InChI is InChI=1S/C26H35N3O2/c1-20(2)19-23(27-26(31)29-17-11-3-4-12-18-29)25(30)28-24(21-13-7-5-8-14-21)22-15-9-6-10-16-22/h5-10,13-16,20,23-24H,3-4,11-12,17-19H2,1-2H3,(H,27,31)(H,28,30)/t23-/m0/s1. The van der Waals surface area contributed by atoms with Crippen molar-refractivity contribution in [3.8, 4) is 0 Å². The van der Waals surface area contributed by atoms with Gasteiger partial charge in [-0.25, -0.2) is 4.79 Å². The van der Waals surface area contributed by atoms with Crippen LogP contribution in [0, 0.1) is 5.92 Å². The molecule has 1 aliphatic heterocycles. The number of carbonyl (C=O) groups is 2. The molecular weight excluding hydrogens is 386 g/mol. The van der Waals surface area contributed by atoms with Gasteiger partial charge in [0.25, 0.3) is 0 Å². The van der Waals surface area contributed by atoms with E-state index in [0.29, 0.717) is 6.42 Å². The van der Waals surface area contributed by atoms with E-state index in [1.807, 2.05) is 65.6 Å². The molecule has 0 bridgehead atoms. The highest BCUT2D eigenvalue weighted by atomic mass is 16.2. The van der Waals surface area contributed by atoms with Crippen LogP contribution in [-0.2, 0) is 4.79 Å². The quantitative estimate of drug-likeness (QED) is 0.668. The Morgan fingerprint density at radius 1 is 0.806 bits per heavy atom. The lowest BCUT2D eigenvalue weighted by Gasteiger charge is -2.28. The number of nitrogens with one attached hydrogen (secondary N) is 2. The second kappa shape index (κ2) is 11.5. The van der Waals surface area contributed by atoms with E-state index in [1.54, 1.807) is 0 Å². The molecule has 31 heavy (non-hydrogen) atoms. The molecule has 0 unspecified atom stereocenters. The Hall–Kier alpha value is -2.82. The van der Waals surface area contributed by atoms with Crippen LogP contribution in [0.3, 0.4) is 0 Å². The number of rotatable bonds is 7. The molecule has 3 rings (SSSR count). The first-order valence-corrected chi connectivity index (χ1v) is 11.5. The first-order valence-electron chi connectivity index (χ1n) is 11.5. The summed E-state index contributed by atoms with van der Waals surface area (Å²) in [5.74, 6) is 0.140. The molecule has 2 aromatic carbocycles. The monoisotopic (exact) mass is 421 g/mol. The second-order valence-corrected chi connectivity index (χ2v) is 8.80. The Kier molecular flexibility index (Phi) is 8.51. The number of benzene rings is 2. The average Bonchev–Trinajstić information content (AvgIpc) is 3.07. The second-order valence-electron chi connectivity index (χ2n) is 8.80. The summed E-state index contributed by atoms with van der Waals surface area (Å²) in [6.45, 7) is 5.67. The maximum absolute atomic E-state index is 13.4. The lowest BCUT2D eigenvalue weighted by Crippen LogP contribution is -2.52. The lowest BCUT2D eigenvalue weighted by atomic mass is 9.97. The van der Waals surface area contributed by atoms with Gasteiger partial charge in [0.1, 0.15) is 6.04 Å². The molecule has 1 fully saturated rings. The first-order chi connectivity index (χ1) is 15.0. The normalized spacial score (nSPS) is 15.4. The zero-order chi connectivity index (χ0) is 22.1. The van der Waals surface area contributed by atoms with Gasteiger partial charge in [0.05, 0.1) is 6.04 Å². The van der Waals surface area contributed by atoms with Gasteiger partial charge < -0.3 is 15.5 Å². The number of urea groups is 1. The van der Waals surface area contributed by atoms with E-state index in [9.17, 15) is 9.59 Å². The molecule has 1 aliphatic rings. The fourth-order valence-corrected chi connectivity index (χ4v) is 4.11. The Labute approximate surface area is 186 Å². The molecular formula is C26H35N3O2. The minimum atomic E-state index is -0.564. The molecule has 0 aliphatic carbocycles. The molecule has 1 heterocycles. The van der Waals surface area contributed by atoms with Crippen LogP contribution in [0.5, 0.6) is 0 Å². The van der Waals surface area contributed by atoms with Crippen molar-refractivity contribution in [1.29, 1.82) is 0 Å². The van der Waals surface area contributed by atoms with Crippen molar-refractivity contribution < 1.29 is 9.59 Å². The molecule has 0 saturated carbocycles. The average molecular weight is 422 g/mol. The number of carbonyl (C=O) groups excluding carboxylic acids is 2. The van der Waals surface area contributed by atoms with Crippen molar-refractivity contribution in [3.05, 3.63) is 71.8 Å². The summed E-state index contributed by atoms with van der Waals surface area (Å²) < 4.78 is 0. The largest absolute Gasteiger partial charge is 0.343 e. The van der Waals surface area contributed by atoms with Gasteiger partial charge in [-0.2, -0.15) is 0 Å². The SMILES string of the molecule is CC(C)C[C@H](NC(=O)N1CCCCCC1)C(=O)NC(c1ccccc1)c1ccccc1. The van der Waals surface area contributed by atoms with Crippen molar-refractivity contribution >= 4 is 11.9 Å². The molecule has 3 amide bonds. The van der Waals surface area contributed by atoms with Crippen LogP contribution >= 0.6 is 0 Å². The fraction of sp³-hybridized carbons (Fsp3) is 0.462. The number of likely N-dealkylation sites (tertiary alicyclic amines) is 1. The van der Waals surface area contributed by atoms with Crippen LogP contribution in [0.4, 0.5) is 4.79 Å². The molecule has 0 spiro atoms. The van der Waals surface area contributed by atoms with E-state index in [4.69, 9.17) is 0 Å². The van der Waals surface area contributed by atoms with Crippen LogP contribution in [0.25, 0.3) is 0 Å².